The molecule has 1 spiro atoms. The predicted molar refractivity (Wildman–Crippen MR) is 123 cm³/mol. The van der Waals surface area contributed by atoms with Gasteiger partial charge in [0.15, 0.2) is 0 Å². The van der Waals surface area contributed by atoms with Gasteiger partial charge in [0.1, 0.15) is 17.2 Å². The number of piperidine rings is 1. The fraction of sp³-hybridized carbons (Fsp3) is 0.417. The number of H-pyrrole nitrogens is 1. The molecular formula is C24H24F3N5O4. The Balaban J connectivity index is 1.22. The van der Waals surface area contributed by atoms with Gasteiger partial charge in [-0.25, -0.2) is 14.8 Å². The van der Waals surface area contributed by atoms with Gasteiger partial charge in [-0.1, -0.05) is 0 Å². The Morgan fingerprint density at radius 3 is 2.64 bits per heavy atom. The largest absolute Gasteiger partial charge is 0.481 e. The summed E-state index contributed by atoms with van der Waals surface area (Å²) in [6, 6.07) is 7.05. The summed E-state index contributed by atoms with van der Waals surface area (Å²) in [5.74, 6) is 0.286. The highest BCUT2D eigenvalue weighted by Gasteiger charge is 2.46. The van der Waals surface area contributed by atoms with Gasteiger partial charge in [0, 0.05) is 50.7 Å². The summed E-state index contributed by atoms with van der Waals surface area (Å²) < 4.78 is 44.6. The van der Waals surface area contributed by atoms with E-state index in [1.54, 1.807) is 11.1 Å². The molecule has 2 aliphatic rings. The van der Waals surface area contributed by atoms with Crippen molar-refractivity contribution in [3.05, 3.63) is 42.1 Å². The van der Waals surface area contributed by atoms with Crippen molar-refractivity contribution in [3.63, 3.8) is 0 Å². The Kier molecular flexibility index (Phi) is 5.97. The van der Waals surface area contributed by atoms with Crippen LogP contribution >= 0.6 is 0 Å². The fourth-order valence-electron chi connectivity index (χ4n) is 4.72. The number of rotatable bonds is 6. The number of imidazole rings is 1. The second-order valence-electron chi connectivity index (χ2n) is 9.18. The lowest BCUT2D eigenvalue weighted by atomic mass is 9.91. The van der Waals surface area contributed by atoms with E-state index in [1.807, 2.05) is 12.1 Å². The first kappa shape index (κ1) is 23.9. The average Bonchev–Trinajstić information content (AvgIpc) is 3.39. The number of carbonyl (C=O) groups excluding carboxylic acids is 1. The van der Waals surface area contributed by atoms with Gasteiger partial charge in [-0.3, -0.25) is 4.79 Å². The maximum Gasteiger partial charge on any atom is 0.416 e. The number of hydrogen-bond acceptors (Lipinski definition) is 6. The highest BCUT2D eigenvalue weighted by Crippen LogP contribution is 2.35. The number of fused-ring (bicyclic) bond motifs is 1. The second-order valence-corrected chi connectivity index (χ2v) is 9.18. The molecule has 0 radical (unpaired) electrons. The number of benzene rings is 1. The maximum absolute atomic E-state index is 13.0. The lowest BCUT2D eigenvalue weighted by molar-refractivity contribution is -0.138. The number of amides is 1. The first-order chi connectivity index (χ1) is 17.1. The number of pyridine rings is 1. The number of anilines is 1. The standard InChI is InChI=1S/C24H24F3N5O4/c25-24(26,27)16-4-5-17-18(12-16)30-21(29-17)15-3-6-19(28-13-15)31-10-7-23(8-11-31)14-32(22(35)36-23)9-1-2-20(33)34/h3-6,12-13H,1-2,7-11,14H2,(H,29,30)(H,33,34). The molecule has 2 aliphatic heterocycles. The molecule has 0 bridgehead atoms. The summed E-state index contributed by atoms with van der Waals surface area (Å²) in [7, 11) is 0. The normalized spacial score (nSPS) is 17.7. The third-order valence-electron chi connectivity index (χ3n) is 6.69. The molecule has 0 saturated carbocycles. The van der Waals surface area contributed by atoms with Crippen molar-refractivity contribution in [1.82, 2.24) is 19.9 Å². The van der Waals surface area contributed by atoms with Crippen LogP contribution < -0.4 is 4.90 Å². The number of alkyl halides is 3. The number of nitrogens with one attached hydrogen (secondary N) is 1. The molecule has 2 saturated heterocycles. The van der Waals surface area contributed by atoms with Gasteiger partial charge in [0.25, 0.3) is 0 Å². The molecule has 0 aliphatic carbocycles. The monoisotopic (exact) mass is 503 g/mol. The molecule has 2 fully saturated rings. The molecule has 1 amide bonds. The Bertz CT molecular complexity index is 1280. The number of carbonyl (C=O) groups is 2. The summed E-state index contributed by atoms with van der Waals surface area (Å²) >= 11 is 0. The van der Waals surface area contributed by atoms with Gasteiger partial charge in [0.2, 0.25) is 0 Å². The molecule has 12 heteroatoms. The summed E-state index contributed by atoms with van der Waals surface area (Å²) in [4.78, 5) is 38.5. The molecule has 190 valence electrons. The van der Waals surface area contributed by atoms with Gasteiger partial charge >= 0.3 is 18.2 Å². The van der Waals surface area contributed by atoms with E-state index in [0.717, 1.165) is 18.0 Å². The van der Waals surface area contributed by atoms with Crippen LogP contribution in [0.25, 0.3) is 22.4 Å². The Morgan fingerprint density at radius 2 is 1.97 bits per heavy atom. The third kappa shape index (κ3) is 4.79. The number of carboxylic acid groups (broad SMARTS) is 1. The number of aromatic amines is 1. The van der Waals surface area contributed by atoms with Crippen molar-refractivity contribution in [1.29, 1.82) is 0 Å². The average molecular weight is 503 g/mol. The number of aromatic nitrogens is 3. The minimum atomic E-state index is -4.43. The van der Waals surface area contributed by atoms with Crippen LogP contribution in [0.15, 0.2) is 36.5 Å². The summed E-state index contributed by atoms with van der Waals surface area (Å²) in [6.45, 7) is 2.08. The molecule has 3 aromatic rings. The molecule has 4 heterocycles. The van der Waals surface area contributed by atoms with Crippen LogP contribution in [0, 0.1) is 0 Å². The third-order valence-corrected chi connectivity index (χ3v) is 6.69. The van der Waals surface area contributed by atoms with Crippen molar-refractivity contribution in [2.45, 2.75) is 37.5 Å². The van der Waals surface area contributed by atoms with Crippen molar-refractivity contribution < 1.29 is 32.6 Å². The van der Waals surface area contributed by atoms with Gasteiger partial charge in [-0.05, 0) is 36.8 Å². The van der Waals surface area contributed by atoms with E-state index >= 15 is 0 Å². The summed E-state index contributed by atoms with van der Waals surface area (Å²) in [5, 5.41) is 8.80. The smallest absolute Gasteiger partial charge is 0.416 e. The van der Waals surface area contributed by atoms with E-state index in [4.69, 9.17) is 9.84 Å². The van der Waals surface area contributed by atoms with Gasteiger partial charge in [0.05, 0.1) is 23.1 Å². The van der Waals surface area contributed by atoms with E-state index in [0.29, 0.717) is 62.3 Å². The van der Waals surface area contributed by atoms with E-state index < -0.39 is 29.4 Å². The van der Waals surface area contributed by atoms with E-state index in [9.17, 15) is 22.8 Å². The molecular weight excluding hydrogens is 479 g/mol. The van der Waals surface area contributed by atoms with Crippen LogP contribution in [-0.2, 0) is 15.7 Å². The van der Waals surface area contributed by atoms with Crippen LogP contribution in [0.2, 0.25) is 0 Å². The summed E-state index contributed by atoms with van der Waals surface area (Å²) in [5.41, 5.74) is 0.0691. The number of carboxylic acids is 1. The minimum Gasteiger partial charge on any atom is -0.481 e. The Morgan fingerprint density at radius 1 is 1.19 bits per heavy atom. The van der Waals surface area contributed by atoms with Crippen molar-refractivity contribution in [3.8, 4) is 11.4 Å². The van der Waals surface area contributed by atoms with E-state index in [2.05, 4.69) is 19.9 Å². The number of hydrogen-bond donors (Lipinski definition) is 2. The Hall–Kier alpha value is -3.83. The molecule has 1 aromatic carbocycles. The zero-order valence-electron chi connectivity index (χ0n) is 19.2. The first-order valence-electron chi connectivity index (χ1n) is 11.6. The molecule has 2 N–H and O–H groups in total. The van der Waals surface area contributed by atoms with E-state index in [-0.39, 0.29) is 11.9 Å². The van der Waals surface area contributed by atoms with Gasteiger partial charge in [-0.2, -0.15) is 13.2 Å². The van der Waals surface area contributed by atoms with Crippen LogP contribution in [-0.4, -0.2) is 68.8 Å². The SMILES string of the molecule is O=C(O)CCCN1CC2(CCN(c3ccc(-c4nc5cc(C(F)(F)F)ccc5[nH]4)cn3)CC2)OC1=O. The van der Waals surface area contributed by atoms with E-state index in [1.165, 1.54) is 6.07 Å². The predicted octanol–water partition coefficient (Wildman–Crippen LogP) is 4.30. The van der Waals surface area contributed by atoms with Crippen LogP contribution in [0.3, 0.4) is 0 Å². The van der Waals surface area contributed by atoms with Crippen molar-refractivity contribution >= 4 is 28.9 Å². The lowest BCUT2D eigenvalue weighted by Crippen LogP contribution is -2.47. The molecule has 9 nitrogen and oxygen atoms in total. The van der Waals surface area contributed by atoms with Crippen molar-refractivity contribution in [2.75, 3.05) is 31.1 Å². The first-order valence-corrected chi connectivity index (χ1v) is 11.6. The fourth-order valence-corrected chi connectivity index (χ4v) is 4.72. The van der Waals surface area contributed by atoms with Crippen LogP contribution in [0.1, 0.15) is 31.2 Å². The lowest BCUT2D eigenvalue weighted by Gasteiger charge is -2.38. The number of aliphatic carboxylic acids is 1. The summed E-state index contributed by atoms with van der Waals surface area (Å²) in [6.07, 6.45) is -1.55. The Labute approximate surface area is 203 Å². The number of nitrogens with zero attached hydrogens (tertiary/aromatic N) is 4. The molecule has 2 aromatic heterocycles. The molecule has 5 rings (SSSR count). The highest BCUT2D eigenvalue weighted by atomic mass is 19.4. The topological polar surface area (TPSA) is 112 Å². The quantitative estimate of drug-likeness (QED) is 0.516. The number of halogens is 3. The van der Waals surface area contributed by atoms with Gasteiger partial charge < -0.3 is 24.6 Å². The number of ether oxygens (including phenoxy) is 1. The van der Waals surface area contributed by atoms with Crippen molar-refractivity contribution in [2.24, 2.45) is 0 Å². The highest BCUT2D eigenvalue weighted by molar-refractivity contribution is 5.80. The molecule has 0 atom stereocenters. The molecule has 36 heavy (non-hydrogen) atoms. The minimum absolute atomic E-state index is 0.00878. The zero-order valence-corrected chi connectivity index (χ0v) is 19.2. The maximum atomic E-state index is 13.0. The molecule has 0 unspecified atom stereocenters. The van der Waals surface area contributed by atoms with Crippen LogP contribution in [0.5, 0.6) is 0 Å². The second kappa shape index (κ2) is 8.99. The zero-order chi connectivity index (χ0) is 25.5. The van der Waals surface area contributed by atoms with Crippen LogP contribution in [0.4, 0.5) is 23.8 Å². The van der Waals surface area contributed by atoms with Gasteiger partial charge in [-0.15, -0.1) is 0 Å².